The lowest BCUT2D eigenvalue weighted by atomic mass is 9.86. The molecule has 0 radical (unpaired) electrons. The van der Waals surface area contributed by atoms with Crippen molar-refractivity contribution in [2.75, 3.05) is 0 Å². The Bertz CT molecular complexity index is 1110. The number of carboxylic acids is 1. The van der Waals surface area contributed by atoms with Crippen molar-refractivity contribution in [2.45, 2.75) is 38.6 Å². The predicted molar refractivity (Wildman–Crippen MR) is 110 cm³/mol. The van der Waals surface area contributed by atoms with Crippen LogP contribution in [0.4, 0.5) is 0 Å². The van der Waals surface area contributed by atoms with Crippen molar-refractivity contribution in [1.82, 2.24) is 15.5 Å². The van der Waals surface area contributed by atoms with Gasteiger partial charge in [0.15, 0.2) is 5.69 Å². The van der Waals surface area contributed by atoms with E-state index >= 15 is 0 Å². The summed E-state index contributed by atoms with van der Waals surface area (Å²) in [5.41, 5.74) is 1.40. The second kappa shape index (κ2) is 7.87. The molecule has 3 rings (SSSR count). The molecule has 0 aliphatic rings. The number of H-pyrrole nitrogens is 1. The van der Waals surface area contributed by atoms with Crippen LogP contribution in [0.5, 0.6) is 0 Å². The van der Waals surface area contributed by atoms with E-state index in [0.29, 0.717) is 16.3 Å². The Balaban J connectivity index is 1.93. The summed E-state index contributed by atoms with van der Waals surface area (Å²) in [6.07, 6.45) is -0.276. The highest BCUT2D eigenvalue weighted by Crippen LogP contribution is 2.25. The van der Waals surface area contributed by atoms with Gasteiger partial charge >= 0.3 is 5.97 Å². The molecule has 2 aromatic carbocycles. The molecule has 0 bridgehead atoms. The summed E-state index contributed by atoms with van der Waals surface area (Å²) in [5, 5.41) is 19.0. The van der Waals surface area contributed by atoms with Gasteiger partial charge in [0.05, 0.1) is 17.8 Å². The smallest absolute Gasteiger partial charge is 0.305 e. The minimum atomic E-state index is -1.03. The van der Waals surface area contributed by atoms with Crippen molar-refractivity contribution >= 4 is 22.6 Å². The van der Waals surface area contributed by atoms with Gasteiger partial charge in [-0.15, -0.1) is 0 Å². The maximum Gasteiger partial charge on any atom is 0.305 e. The highest BCUT2D eigenvalue weighted by atomic mass is 16.4. The summed E-state index contributed by atoms with van der Waals surface area (Å²) >= 11 is 0. The Labute approximate surface area is 167 Å². The zero-order valence-electron chi connectivity index (χ0n) is 16.5. The van der Waals surface area contributed by atoms with E-state index in [2.05, 4.69) is 36.3 Å². The van der Waals surface area contributed by atoms with Crippen molar-refractivity contribution in [3.05, 3.63) is 75.7 Å². The summed E-state index contributed by atoms with van der Waals surface area (Å²) in [6.45, 7) is 6.27. The molecule has 1 aromatic heterocycles. The SMILES string of the molecule is CC(C)(C)c1ccc(C(CC(=O)O)NC(=O)c2n[nH]c(=O)c3ccccc23)cc1. The van der Waals surface area contributed by atoms with E-state index in [1.807, 2.05) is 24.3 Å². The zero-order valence-corrected chi connectivity index (χ0v) is 16.5. The van der Waals surface area contributed by atoms with Gasteiger partial charge in [-0.2, -0.15) is 5.10 Å². The number of benzene rings is 2. The molecule has 3 N–H and O–H groups in total. The number of hydrogen-bond donors (Lipinski definition) is 3. The first-order valence-corrected chi connectivity index (χ1v) is 9.27. The van der Waals surface area contributed by atoms with E-state index in [1.54, 1.807) is 24.3 Å². The summed E-state index contributed by atoms with van der Waals surface area (Å²) in [6, 6.07) is 13.4. The molecule has 1 atom stereocenters. The van der Waals surface area contributed by atoms with E-state index < -0.39 is 23.5 Å². The van der Waals surface area contributed by atoms with E-state index in [0.717, 1.165) is 5.56 Å². The van der Waals surface area contributed by atoms with Gasteiger partial charge in [-0.3, -0.25) is 14.4 Å². The van der Waals surface area contributed by atoms with Gasteiger partial charge < -0.3 is 10.4 Å². The number of nitrogens with zero attached hydrogens (tertiary/aromatic N) is 1. The number of nitrogens with one attached hydrogen (secondary N) is 2. The highest BCUT2D eigenvalue weighted by molar-refractivity contribution is 6.04. The quantitative estimate of drug-likeness (QED) is 0.616. The molecule has 7 heteroatoms. The van der Waals surface area contributed by atoms with Crippen LogP contribution in [0, 0.1) is 0 Å². The molecule has 150 valence electrons. The lowest BCUT2D eigenvalue weighted by Crippen LogP contribution is -2.32. The molecule has 0 saturated carbocycles. The van der Waals surface area contributed by atoms with Gasteiger partial charge in [-0.05, 0) is 22.6 Å². The second-order valence-corrected chi connectivity index (χ2v) is 7.94. The van der Waals surface area contributed by atoms with Crippen molar-refractivity contribution < 1.29 is 14.7 Å². The molecule has 0 spiro atoms. The van der Waals surface area contributed by atoms with Crippen LogP contribution in [-0.4, -0.2) is 27.2 Å². The monoisotopic (exact) mass is 393 g/mol. The van der Waals surface area contributed by atoms with Crippen molar-refractivity contribution in [2.24, 2.45) is 0 Å². The third-order valence-electron chi connectivity index (χ3n) is 4.77. The fraction of sp³-hybridized carbons (Fsp3) is 0.273. The van der Waals surface area contributed by atoms with Gasteiger partial charge in [0.1, 0.15) is 0 Å². The van der Waals surface area contributed by atoms with E-state index in [1.165, 1.54) is 0 Å². The average Bonchev–Trinajstić information content (AvgIpc) is 2.67. The van der Waals surface area contributed by atoms with Gasteiger partial charge in [0.25, 0.3) is 11.5 Å². The normalized spacial score (nSPS) is 12.5. The molecule has 29 heavy (non-hydrogen) atoms. The summed E-state index contributed by atoms with van der Waals surface area (Å²) in [7, 11) is 0. The third-order valence-corrected chi connectivity index (χ3v) is 4.77. The van der Waals surface area contributed by atoms with Crippen LogP contribution < -0.4 is 10.9 Å². The molecule has 7 nitrogen and oxygen atoms in total. The minimum Gasteiger partial charge on any atom is -0.481 e. The number of carboxylic acid groups (broad SMARTS) is 1. The van der Waals surface area contributed by atoms with E-state index in [-0.39, 0.29) is 17.5 Å². The lowest BCUT2D eigenvalue weighted by Gasteiger charge is -2.22. The molecule has 1 unspecified atom stereocenters. The number of hydrogen-bond acceptors (Lipinski definition) is 4. The molecule has 3 aromatic rings. The standard InChI is InChI=1S/C22H23N3O4/c1-22(2,3)14-10-8-13(9-11-14)17(12-18(26)27)23-21(29)19-15-6-4-5-7-16(15)20(28)25-24-19/h4-11,17H,12H2,1-3H3,(H,23,29)(H,25,28)(H,26,27). The van der Waals surface area contributed by atoms with Gasteiger partial charge in [0, 0.05) is 5.39 Å². The topological polar surface area (TPSA) is 112 Å². The fourth-order valence-electron chi connectivity index (χ4n) is 3.16. The number of rotatable bonds is 5. The van der Waals surface area contributed by atoms with Crippen LogP contribution in [0.1, 0.15) is 54.8 Å². The van der Waals surface area contributed by atoms with Crippen LogP contribution >= 0.6 is 0 Å². The third kappa shape index (κ3) is 4.51. The van der Waals surface area contributed by atoms with Crippen LogP contribution in [-0.2, 0) is 10.2 Å². The maximum absolute atomic E-state index is 12.9. The van der Waals surface area contributed by atoms with E-state index in [4.69, 9.17) is 0 Å². The summed E-state index contributed by atoms with van der Waals surface area (Å²) in [4.78, 5) is 36.2. The van der Waals surface area contributed by atoms with Gasteiger partial charge in [-0.1, -0.05) is 63.2 Å². The largest absolute Gasteiger partial charge is 0.481 e. The average molecular weight is 393 g/mol. The molecule has 0 aliphatic carbocycles. The first-order valence-electron chi connectivity index (χ1n) is 9.27. The number of carbonyl (C=O) groups is 2. The molecule has 0 aliphatic heterocycles. The number of aliphatic carboxylic acids is 1. The lowest BCUT2D eigenvalue weighted by molar-refractivity contribution is -0.137. The first kappa shape index (κ1) is 20.3. The molecule has 1 heterocycles. The Morgan fingerprint density at radius 3 is 2.28 bits per heavy atom. The molecular formula is C22H23N3O4. The maximum atomic E-state index is 12.9. The van der Waals surface area contributed by atoms with Crippen molar-refractivity contribution in [1.29, 1.82) is 0 Å². The number of carbonyl (C=O) groups excluding carboxylic acids is 1. The van der Waals surface area contributed by atoms with Gasteiger partial charge in [0.2, 0.25) is 0 Å². The number of amides is 1. The fourth-order valence-corrected chi connectivity index (χ4v) is 3.16. The van der Waals surface area contributed by atoms with Crippen LogP contribution in [0.25, 0.3) is 10.8 Å². The first-order chi connectivity index (χ1) is 13.7. The molecular weight excluding hydrogens is 370 g/mol. The Morgan fingerprint density at radius 1 is 1.07 bits per heavy atom. The number of fused-ring (bicyclic) bond motifs is 1. The van der Waals surface area contributed by atoms with Crippen molar-refractivity contribution in [3.8, 4) is 0 Å². The minimum absolute atomic E-state index is 0.0389. The summed E-state index contributed by atoms with van der Waals surface area (Å²) < 4.78 is 0. The Kier molecular flexibility index (Phi) is 5.50. The van der Waals surface area contributed by atoms with Gasteiger partial charge in [-0.25, -0.2) is 5.10 Å². The molecule has 0 saturated heterocycles. The molecule has 1 amide bonds. The zero-order chi connectivity index (χ0) is 21.2. The molecule has 0 fully saturated rings. The van der Waals surface area contributed by atoms with Crippen LogP contribution in [0.2, 0.25) is 0 Å². The van der Waals surface area contributed by atoms with E-state index in [9.17, 15) is 19.5 Å². The Morgan fingerprint density at radius 2 is 1.69 bits per heavy atom. The van der Waals surface area contributed by atoms with Crippen molar-refractivity contribution in [3.63, 3.8) is 0 Å². The predicted octanol–water partition coefficient (Wildman–Crippen LogP) is 3.17. The highest BCUT2D eigenvalue weighted by Gasteiger charge is 2.22. The second-order valence-electron chi connectivity index (χ2n) is 7.94. The van der Waals surface area contributed by atoms with Crippen LogP contribution in [0.3, 0.4) is 0 Å². The van der Waals surface area contributed by atoms with Crippen LogP contribution in [0.15, 0.2) is 53.3 Å². The summed E-state index contributed by atoms with van der Waals surface area (Å²) in [5.74, 6) is -1.59. The Hall–Kier alpha value is -3.48. The number of aromatic amines is 1. The number of aromatic nitrogens is 2.